The Morgan fingerprint density at radius 2 is 2.12 bits per heavy atom. The molecule has 2 aromatic rings. The number of nitrogens with one attached hydrogen (secondary N) is 1. The third-order valence-corrected chi connectivity index (χ3v) is 4.32. The number of likely N-dealkylation sites (N-methyl/N-ethyl adjacent to an activating group) is 1. The van der Waals surface area contributed by atoms with Crippen LogP contribution in [0.4, 0.5) is 5.82 Å². The molecule has 24 heavy (non-hydrogen) atoms. The highest BCUT2D eigenvalue weighted by Gasteiger charge is 2.33. The summed E-state index contributed by atoms with van der Waals surface area (Å²) in [5, 5.41) is 16.8. The van der Waals surface area contributed by atoms with E-state index in [2.05, 4.69) is 10.5 Å². The molecule has 2 unspecified atom stereocenters. The summed E-state index contributed by atoms with van der Waals surface area (Å²) in [6, 6.07) is 10.7. The summed E-state index contributed by atoms with van der Waals surface area (Å²) >= 11 is 0. The number of aliphatic hydroxyl groups excluding tert-OH is 1. The highest BCUT2D eigenvalue weighted by atomic mass is 16.5. The maximum Gasteiger partial charge on any atom is 0.247 e. The van der Waals surface area contributed by atoms with E-state index in [0.29, 0.717) is 24.0 Å². The largest absolute Gasteiger partial charge is 0.392 e. The highest BCUT2D eigenvalue weighted by molar-refractivity contribution is 5.94. The Hall–Kier alpha value is -2.18. The highest BCUT2D eigenvalue weighted by Crippen LogP contribution is 2.33. The fraction of sp³-hybridized carbons (Fsp3) is 0.444. The van der Waals surface area contributed by atoms with Gasteiger partial charge >= 0.3 is 0 Å². The molecule has 1 aliphatic carbocycles. The Morgan fingerprint density at radius 1 is 1.42 bits per heavy atom. The number of hydrogen-bond donors (Lipinski definition) is 2. The standard InChI is InChI=1S/C18H23N3O3/c1-12-10-16(20-24-12)19-18(23)17(14-6-4-3-5-7-14)21(2)11-15(22)13-8-9-13/h3-7,10,13,15,17,22H,8-9,11H2,1-2H3,(H,19,20,23). The quantitative estimate of drug-likeness (QED) is 0.815. The molecule has 1 aliphatic rings. The zero-order chi connectivity index (χ0) is 17.1. The van der Waals surface area contributed by atoms with Crippen LogP contribution in [0.3, 0.4) is 0 Å². The van der Waals surface area contributed by atoms with Crippen molar-refractivity contribution in [3.05, 3.63) is 47.7 Å². The van der Waals surface area contributed by atoms with Gasteiger partial charge in [0.25, 0.3) is 0 Å². The van der Waals surface area contributed by atoms with E-state index < -0.39 is 12.1 Å². The van der Waals surface area contributed by atoms with Gasteiger partial charge in [-0.15, -0.1) is 0 Å². The van der Waals surface area contributed by atoms with Gasteiger partial charge in [0, 0.05) is 12.6 Å². The lowest BCUT2D eigenvalue weighted by Crippen LogP contribution is -2.39. The Morgan fingerprint density at radius 3 is 2.71 bits per heavy atom. The number of benzene rings is 1. The zero-order valence-corrected chi connectivity index (χ0v) is 14.0. The minimum absolute atomic E-state index is 0.194. The predicted octanol–water partition coefficient (Wildman–Crippen LogP) is 2.37. The fourth-order valence-electron chi connectivity index (χ4n) is 2.89. The van der Waals surface area contributed by atoms with E-state index in [1.807, 2.05) is 42.3 Å². The SMILES string of the molecule is Cc1cc(NC(=O)C(c2ccccc2)N(C)CC(O)C2CC2)no1. The maximum absolute atomic E-state index is 12.8. The van der Waals surface area contributed by atoms with E-state index >= 15 is 0 Å². The van der Waals surface area contributed by atoms with Gasteiger partial charge in [0.2, 0.25) is 5.91 Å². The molecule has 1 fully saturated rings. The summed E-state index contributed by atoms with van der Waals surface area (Å²) in [5.41, 5.74) is 0.876. The first-order valence-electron chi connectivity index (χ1n) is 8.22. The van der Waals surface area contributed by atoms with Crippen molar-refractivity contribution in [3.8, 4) is 0 Å². The van der Waals surface area contributed by atoms with Crippen LogP contribution in [0, 0.1) is 12.8 Å². The van der Waals surface area contributed by atoms with Gasteiger partial charge in [0.15, 0.2) is 5.82 Å². The first-order chi connectivity index (χ1) is 11.5. The van der Waals surface area contributed by atoms with Crippen molar-refractivity contribution in [1.82, 2.24) is 10.1 Å². The third kappa shape index (κ3) is 4.01. The van der Waals surface area contributed by atoms with Crippen molar-refractivity contribution in [1.29, 1.82) is 0 Å². The Balaban J connectivity index is 1.77. The number of rotatable bonds is 7. The van der Waals surface area contributed by atoms with Gasteiger partial charge in [-0.05, 0) is 38.3 Å². The van der Waals surface area contributed by atoms with Crippen molar-refractivity contribution >= 4 is 11.7 Å². The van der Waals surface area contributed by atoms with Crippen LogP contribution >= 0.6 is 0 Å². The second kappa shape index (κ2) is 7.15. The predicted molar refractivity (Wildman–Crippen MR) is 90.4 cm³/mol. The second-order valence-electron chi connectivity index (χ2n) is 6.47. The molecule has 2 N–H and O–H groups in total. The number of hydrogen-bond acceptors (Lipinski definition) is 5. The van der Waals surface area contributed by atoms with Gasteiger partial charge in [0.1, 0.15) is 11.8 Å². The first-order valence-corrected chi connectivity index (χ1v) is 8.22. The lowest BCUT2D eigenvalue weighted by molar-refractivity contribution is -0.121. The normalized spacial score (nSPS) is 16.8. The molecular weight excluding hydrogens is 306 g/mol. The van der Waals surface area contributed by atoms with Crippen LogP contribution < -0.4 is 5.32 Å². The monoisotopic (exact) mass is 329 g/mol. The number of aliphatic hydroxyl groups is 1. The zero-order valence-electron chi connectivity index (χ0n) is 14.0. The van der Waals surface area contributed by atoms with Crippen LogP contribution in [0.1, 0.15) is 30.2 Å². The molecule has 0 saturated heterocycles. The van der Waals surface area contributed by atoms with E-state index in [4.69, 9.17) is 4.52 Å². The third-order valence-electron chi connectivity index (χ3n) is 4.32. The molecular formula is C18H23N3O3. The van der Waals surface area contributed by atoms with Crippen LogP contribution in [0.5, 0.6) is 0 Å². The molecule has 6 heteroatoms. The molecule has 1 saturated carbocycles. The van der Waals surface area contributed by atoms with Gasteiger partial charge in [-0.1, -0.05) is 35.5 Å². The van der Waals surface area contributed by atoms with Crippen molar-refractivity contribution in [3.63, 3.8) is 0 Å². The summed E-state index contributed by atoms with van der Waals surface area (Å²) in [4.78, 5) is 14.7. The Labute approximate surface area is 141 Å². The molecule has 0 aliphatic heterocycles. The van der Waals surface area contributed by atoms with Crippen molar-refractivity contribution in [2.75, 3.05) is 18.9 Å². The molecule has 6 nitrogen and oxygen atoms in total. The van der Waals surface area contributed by atoms with E-state index in [0.717, 1.165) is 18.4 Å². The second-order valence-corrected chi connectivity index (χ2v) is 6.47. The number of aromatic nitrogens is 1. The van der Waals surface area contributed by atoms with E-state index in [1.165, 1.54) is 0 Å². The lowest BCUT2D eigenvalue weighted by atomic mass is 10.0. The summed E-state index contributed by atoms with van der Waals surface area (Å²) in [6.07, 6.45) is 1.73. The smallest absolute Gasteiger partial charge is 0.247 e. The molecule has 1 heterocycles. The molecule has 1 aromatic carbocycles. The molecule has 3 rings (SSSR count). The number of carbonyl (C=O) groups excluding carboxylic acids is 1. The maximum atomic E-state index is 12.8. The fourth-order valence-corrected chi connectivity index (χ4v) is 2.89. The van der Waals surface area contributed by atoms with Gasteiger partial charge in [0.05, 0.1) is 6.10 Å². The van der Waals surface area contributed by atoms with Crippen molar-refractivity contribution in [2.45, 2.75) is 31.9 Å². The molecule has 1 amide bonds. The van der Waals surface area contributed by atoms with Crippen molar-refractivity contribution in [2.24, 2.45) is 5.92 Å². The van der Waals surface area contributed by atoms with E-state index in [-0.39, 0.29) is 5.91 Å². The molecule has 0 radical (unpaired) electrons. The minimum Gasteiger partial charge on any atom is -0.392 e. The number of nitrogens with zero attached hydrogens (tertiary/aromatic N) is 2. The van der Waals surface area contributed by atoms with Crippen LogP contribution in [-0.4, -0.2) is 40.8 Å². The first kappa shape index (κ1) is 16.7. The van der Waals surface area contributed by atoms with Crippen LogP contribution in [0.2, 0.25) is 0 Å². The van der Waals surface area contributed by atoms with Crippen molar-refractivity contribution < 1.29 is 14.4 Å². The van der Waals surface area contributed by atoms with E-state index in [9.17, 15) is 9.90 Å². The molecule has 2 atom stereocenters. The Kier molecular flexibility index (Phi) is 4.97. The van der Waals surface area contributed by atoms with Gasteiger partial charge < -0.3 is 14.9 Å². The van der Waals surface area contributed by atoms with Crippen LogP contribution in [0.15, 0.2) is 40.9 Å². The topological polar surface area (TPSA) is 78.6 Å². The molecule has 0 bridgehead atoms. The van der Waals surface area contributed by atoms with Gasteiger partial charge in [-0.25, -0.2) is 0 Å². The average molecular weight is 329 g/mol. The minimum atomic E-state index is -0.503. The van der Waals surface area contributed by atoms with E-state index in [1.54, 1.807) is 13.0 Å². The number of amides is 1. The van der Waals surface area contributed by atoms with Gasteiger partial charge in [-0.2, -0.15) is 0 Å². The summed E-state index contributed by atoms with van der Waals surface area (Å²) < 4.78 is 5.00. The summed E-state index contributed by atoms with van der Waals surface area (Å²) in [6.45, 7) is 2.23. The lowest BCUT2D eigenvalue weighted by Gasteiger charge is -2.29. The Bertz CT molecular complexity index is 682. The number of anilines is 1. The summed E-state index contributed by atoms with van der Waals surface area (Å²) in [7, 11) is 1.86. The van der Waals surface area contributed by atoms with Crippen LogP contribution in [-0.2, 0) is 4.79 Å². The van der Waals surface area contributed by atoms with Crippen LogP contribution in [0.25, 0.3) is 0 Å². The molecule has 128 valence electrons. The van der Waals surface area contributed by atoms with Gasteiger partial charge in [-0.3, -0.25) is 9.69 Å². The summed E-state index contributed by atoms with van der Waals surface area (Å²) in [5.74, 6) is 1.21. The average Bonchev–Trinajstić information content (AvgIpc) is 3.32. The number of carbonyl (C=O) groups is 1. The molecule has 1 aromatic heterocycles. The molecule has 0 spiro atoms. The number of aryl methyl sites for hydroxylation is 1.